The van der Waals surface area contributed by atoms with Crippen LogP contribution in [0.4, 0.5) is 0 Å². The second-order valence-electron chi connectivity index (χ2n) is 16.8. The van der Waals surface area contributed by atoms with Crippen LogP contribution in [0.2, 0.25) is 0 Å². The van der Waals surface area contributed by atoms with Crippen molar-refractivity contribution in [2.75, 3.05) is 13.2 Å². The van der Waals surface area contributed by atoms with Crippen LogP contribution in [-0.2, 0) is 47.7 Å². The van der Waals surface area contributed by atoms with Gasteiger partial charge in [-0.3, -0.25) is 19.2 Å². The summed E-state index contributed by atoms with van der Waals surface area (Å²) < 4.78 is 29.9. The molecule has 1 heterocycles. The summed E-state index contributed by atoms with van der Waals surface area (Å²) in [7, 11) is 0. The van der Waals surface area contributed by atoms with E-state index in [-0.39, 0.29) is 41.6 Å². The van der Waals surface area contributed by atoms with Crippen LogP contribution in [0, 0.1) is 22.7 Å². The Labute approximate surface area is 325 Å². The number of aliphatic hydroxyl groups is 3. The number of amides is 1. The van der Waals surface area contributed by atoms with E-state index >= 15 is 4.79 Å². The SMILES string of the molecule is CC(=O)O[C@H]1C(=O)[C@@]2(C)C([C@H](OC(=O)c3ccccc3)[C@]3(O)C[C@H](OC(=O)[C@H](O)CNC(=O)C4CCCCC4)C(C)=C1C3(C)C)[C@]1(OC(C)=O)CO[C@@H]1C[C@@H]2O. The van der Waals surface area contributed by atoms with Crippen molar-refractivity contribution in [2.45, 2.75) is 134 Å². The molecule has 306 valence electrons. The Morgan fingerprint density at radius 2 is 1.62 bits per heavy atom. The average Bonchev–Trinajstić information content (AvgIpc) is 3.15. The van der Waals surface area contributed by atoms with Crippen molar-refractivity contribution >= 4 is 35.6 Å². The number of fused-ring (bicyclic) bond motifs is 5. The molecule has 1 amide bonds. The maximum absolute atomic E-state index is 15.3. The van der Waals surface area contributed by atoms with Crippen molar-refractivity contribution in [3.63, 3.8) is 0 Å². The first-order valence-corrected chi connectivity index (χ1v) is 19.4. The molecule has 1 unspecified atom stereocenters. The third-order valence-electron chi connectivity index (χ3n) is 13.2. The third kappa shape index (κ3) is 6.83. The molecular weight excluding hydrogens is 730 g/mol. The van der Waals surface area contributed by atoms with E-state index in [2.05, 4.69) is 5.32 Å². The number of ether oxygens (including phenoxy) is 5. The highest BCUT2D eigenvalue weighted by atomic mass is 16.6. The predicted octanol–water partition coefficient (Wildman–Crippen LogP) is 2.26. The smallest absolute Gasteiger partial charge is 0.338 e. The van der Waals surface area contributed by atoms with E-state index in [9.17, 15) is 39.3 Å². The second-order valence-corrected chi connectivity index (χ2v) is 16.8. The fraction of sp³-hybridized carbons (Fsp3) is 0.659. The molecule has 10 atom stereocenters. The van der Waals surface area contributed by atoms with Crippen LogP contribution in [0.1, 0.15) is 96.8 Å². The molecule has 4 N–H and O–H groups in total. The number of hydrogen-bond donors (Lipinski definition) is 4. The lowest BCUT2D eigenvalue weighted by Gasteiger charge is -2.67. The molecule has 0 aromatic heterocycles. The van der Waals surface area contributed by atoms with Gasteiger partial charge in [-0.15, -0.1) is 0 Å². The molecule has 15 nitrogen and oxygen atoms in total. The number of ketones is 1. The first kappa shape index (κ1) is 41.5. The van der Waals surface area contributed by atoms with Gasteiger partial charge < -0.3 is 44.3 Å². The summed E-state index contributed by atoms with van der Waals surface area (Å²) in [4.78, 5) is 81.5. The molecule has 1 saturated heterocycles. The summed E-state index contributed by atoms with van der Waals surface area (Å²) >= 11 is 0. The van der Waals surface area contributed by atoms with Gasteiger partial charge in [-0.05, 0) is 50.0 Å². The predicted molar refractivity (Wildman–Crippen MR) is 194 cm³/mol. The fourth-order valence-electron chi connectivity index (χ4n) is 10.0. The molecule has 1 aromatic carbocycles. The number of carbonyl (C=O) groups is 6. The van der Waals surface area contributed by atoms with Crippen molar-refractivity contribution in [3.05, 3.63) is 47.0 Å². The summed E-state index contributed by atoms with van der Waals surface area (Å²) in [6.45, 7) is 7.61. The highest BCUT2D eigenvalue weighted by Crippen LogP contribution is 2.64. The minimum Gasteiger partial charge on any atom is -0.456 e. The van der Waals surface area contributed by atoms with E-state index in [1.54, 1.807) is 32.0 Å². The summed E-state index contributed by atoms with van der Waals surface area (Å²) in [5.41, 5.74) is -7.35. The van der Waals surface area contributed by atoms with Crippen molar-refractivity contribution < 1.29 is 67.8 Å². The van der Waals surface area contributed by atoms with Crippen LogP contribution < -0.4 is 5.32 Å². The maximum atomic E-state index is 15.3. The lowest BCUT2D eigenvalue weighted by atomic mass is 9.44. The van der Waals surface area contributed by atoms with Crippen LogP contribution in [-0.4, -0.2) is 112 Å². The number of rotatable bonds is 9. The molecule has 2 bridgehead atoms. The van der Waals surface area contributed by atoms with E-state index in [0.717, 1.165) is 33.1 Å². The molecule has 1 aromatic rings. The van der Waals surface area contributed by atoms with Gasteiger partial charge >= 0.3 is 23.9 Å². The molecule has 6 rings (SSSR count). The second kappa shape index (κ2) is 15.3. The van der Waals surface area contributed by atoms with Gasteiger partial charge in [0.25, 0.3) is 0 Å². The minimum atomic E-state index is -2.33. The van der Waals surface area contributed by atoms with Gasteiger partial charge in [-0.25, -0.2) is 9.59 Å². The molecule has 0 spiro atoms. The Balaban J connectivity index is 1.49. The fourth-order valence-corrected chi connectivity index (χ4v) is 10.0. The van der Waals surface area contributed by atoms with Gasteiger partial charge in [0.2, 0.25) is 5.91 Å². The van der Waals surface area contributed by atoms with Crippen LogP contribution in [0.25, 0.3) is 0 Å². The molecule has 1 aliphatic heterocycles. The molecule has 4 fully saturated rings. The maximum Gasteiger partial charge on any atom is 0.338 e. The number of esters is 4. The normalized spacial score (nSPS) is 35.6. The lowest BCUT2D eigenvalue weighted by Crippen LogP contribution is -2.82. The van der Waals surface area contributed by atoms with Crippen LogP contribution in [0.15, 0.2) is 41.5 Å². The quantitative estimate of drug-likeness (QED) is 0.160. The van der Waals surface area contributed by atoms with Gasteiger partial charge in [0.1, 0.15) is 23.9 Å². The van der Waals surface area contributed by atoms with Crippen molar-refractivity contribution in [2.24, 2.45) is 22.7 Å². The zero-order valence-electron chi connectivity index (χ0n) is 32.7. The zero-order chi connectivity index (χ0) is 41.0. The largest absolute Gasteiger partial charge is 0.456 e. The summed E-state index contributed by atoms with van der Waals surface area (Å²) in [6.07, 6.45) is -5.70. The monoisotopic (exact) mass is 783 g/mol. The Morgan fingerprint density at radius 1 is 0.964 bits per heavy atom. The number of Topliss-reactive ketones (excluding diaryl/α,β-unsaturated/α-hetero) is 1. The number of benzene rings is 1. The van der Waals surface area contributed by atoms with Gasteiger partial charge in [0, 0.05) is 38.0 Å². The minimum absolute atomic E-state index is 0.0329. The molecule has 15 heteroatoms. The van der Waals surface area contributed by atoms with E-state index in [4.69, 9.17) is 23.7 Å². The van der Waals surface area contributed by atoms with Crippen molar-refractivity contribution in [1.29, 1.82) is 0 Å². The Morgan fingerprint density at radius 3 is 2.21 bits per heavy atom. The van der Waals surface area contributed by atoms with Gasteiger partial charge in [0.05, 0.1) is 36.2 Å². The molecule has 3 saturated carbocycles. The van der Waals surface area contributed by atoms with Crippen LogP contribution in [0.3, 0.4) is 0 Å². The first-order valence-electron chi connectivity index (χ1n) is 19.4. The van der Waals surface area contributed by atoms with E-state index in [1.165, 1.54) is 26.0 Å². The van der Waals surface area contributed by atoms with Gasteiger partial charge in [-0.2, -0.15) is 0 Å². The summed E-state index contributed by atoms with van der Waals surface area (Å²) in [6, 6.07) is 7.88. The topological polar surface area (TPSA) is 221 Å². The summed E-state index contributed by atoms with van der Waals surface area (Å²) in [5.74, 6) is -6.55. The van der Waals surface area contributed by atoms with Gasteiger partial charge in [-0.1, -0.05) is 51.3 Å². The molecule has 4 aliphatic carbocycles. The molecular formula is C41H53NO14. The van der Waals surface area contributed by atoms with Crippen LogP contribution >= 0.6 is 0 Å². The highest BCUT2D eigenvalue weighted by molar-refractivity contribution is 5.95. The third-order valence-corrected chi connectivity index (χ3v) is 13.2. The lowest BCUT2D eigenvalue weighted by molar-refractivity contribution is -0.346. The number of aliphatic hydroxyl groups excluding tert-OH is 2. The standard InChI is InChI=1S/C41H53NO14/c1-21-27(54-37(50)26(45)19-42-35(48)24-13-9-7-10-14-24)18-41(51)34(55-36(49)25-15-11-8-12-16-25)32-39(6,28(46)17-29-40(32,20-52-29)56-23(3)44)33(47)31(53-22(2)43)30(21)38(41,4)5/h8,11-12,15-16,24,26-29,31-32,34,45-46,51H,7,9-10,13-14,17-20H2,1-6H3,(H,42,48)/t26-,27+,28+,29-,31-,32?,34+,39-,40+,41-/m1/s1. The molecule has 56 heavy (non-hydrogen) atoms. The van der Waals surface area contributed by atoms with Gasteiger partial charge in [0.15, 0.2) is 23.6 Å². The number of carbonyl (C=O) groups excluding carboxylic acids is 6. The first-order chi connectivity index (χ1) is 26.3. The number of nitrogens with one attached hydrogen (secondary N) is 1. The Bertz CT molecular complexity index is 1790. The van der Waals surface area contributed by atoms with Crippen molar-refractivity contribution in [3.8, 4) is 0 Å². The Kier molecular flexibility index (Phi) is 11.3. The average molecular weight is 784 g/mol. The number of hydrogen-bond acceptors (Lipinski definition) is 14. The van der Waals surface area contributed by atoms with Crippen LogP contribution in [0.5, 0.6) is 0 Å². The van der Waals surface area contributed by atoms with E-state index in [1.807, 2.05) is 0 Å². The highest BCUT2D eigenvalue weighted by Gasteiger charge is 2.78. The van der Waals surface area contributed by atoms with E-state index < -0.39 is 107 Å². The molecule has 5 aliphatic rings. The Hall–Kier alpha value is -4.18. The summed E-state index contributed by atoms with van der Waals surface area (Å²) in [5, 5.41) is 39.0. The van der Waals surface area contributed by atoms with E-state index in [0.29, 0.717) is 12.8 Å². The zero-order valence-corrected chi connectivity index (χ0v) is 32.7. The van der Waals surface area contributed by atoms with Crippen molar-refractivity contribution in [1.82, 2.24) is 5.32 Å². The molecule has 0 radical (unpaired) electrons.